The van der Waals surface area contributed by atoms with Crippen LogP contribution in [0.15, 0.2) is 65.3 Å². The molecule has 1 amide bonds. The van der Waals surface area contributed by atoms with E-state index in [1.807, 2.05) is 30.3 Å². The van der Waals surface area contributed by atoms with Crippen LogP contribution in [0.3, 0.4) is 0 Å². The van der Waals surface area contributed by atoms with Gasteiger partial charge in [0.1, 0.15) is 5.70 Å². The first-order chi connectivity index (χ1) is 11.1. The maximum absolute atomic E-state index is 11.9. The monoisotopic (exact) mass is 305 g/mol. The van der Waals surface area contributed by atoms with Crippen LogP contribution in [0.1, 0.15) is 22.8 Å². The molecule has 0 fully saturated rings. The number of hydrogen-bond donors (Lipinski definition) is 2. The number of amides is 1. The molecule has 5 heteroatoms. The van der Waals surface area contributed by atoms with Crippen molar-refractivity contribution in [2.24, 2.45) is 4.99 Å². The van der Waals surface area contributed by atoms with Crippen molar-refractivity contribution in [3.63, 3.8) is 0 Å². The van der Waals surface area contributed by atoms with E-state index in [2.05, 4.69) is 15.6 Å². The van der Waals surface area contributed by atoms with Gasteiger partial charge in [0.25, 0.3) is 5.91 Å². The zero-order chi connectivity index (χ0) is 16.2. The first kappa shape index (κ1) is 14.7. The molecule has 23 heavy (non-hydrogen) atoms. The number of nitrogens with one attached hydrogen (secondary N) is 2. The van der Waals surface area contributed by atoms with Crippen molar-refractivity contribution in [3.8, 4) is 0 Å². The summed E-state index contributed by atoms with van der Waals surface area (Å²) in [6.45, 7) is 1.52. The number of ketones is 1. The number of guanidine groups is 1. The molecule has 1 aliphatic heterocycles. The quantitative estimate of drug-likeness (QED) is 0.676. The summed E-state index contributed by atoms with van der Waals surface area (Å²) in [5.41, 5.74) is 2.64. The molecule has 0 spiro atoms. The number of anilines is 1. The topological polar surface area (TPSA) is 70.6 Å². The van der Waals surface area contributed by atoms with E-state index in [4.69, 9.17) is 0 Å². The summed E-state index contributed by atoms with van der Waals surface area (Å²) >= 11 is 0. The van der Waals surface area contributed by atoms with Gasteiger partial charge in [-0.05, 0) is 42.8 Å². The normalized spacial score (nSPS) is 15.3. The van der Waals surface area contributed by atoms with Crippen LogP contribution in [0.5, 0.6) is 0 Å². The smallest absolute Gasteiger partial charge is 0.276 e. The maximum atomic E-state index is 11.9. The van der Waals surface area contributed by atoms with E-state index in [-0.39, 0.29) is 11.7 Å². The van der Waals surface area contributed by atoms with Crippen molar-refractivity contribution < 1.29 is 9.59 Å². The zero-order valence-corrected chi connectivity index (χ0v) is 12.5. The van der Waals surface area contributed by atoms with E-state index in [9.17, 15) is 9.59 Å². The molecule has 114 valence electrons. The molecule has 0 unspecified atom stereocenters. The second-order valence-corrected chi connectivity index (χ2v) is 5.11. The summed E-state index contributed by atoms with van der Waals surface area (Å²) in [5.74, 6) is 0.126. The number of benzene rings is 2. The molecular formula is C18H15N3O2. The molecule has 0 atom stereocenters. The fourth-order valence-corrected chi connectivity index (χ4v) is 2.16. The molecular weight excluding hydrogens is 290 g/mol. The van der Waals surface area contributed by atoms with Crippen molar-refractivity contribution in [2.75, 3.05) is 5.32 Å². The number of Topliss-reactive ketones (excluding diaryl/α,β-unsaturated/α-hetero) is 1. The number of aliphatic imine (C=N–C) groups is 1. The summed E-state index contributed by atoms with van der Waals surface area (Å²) in [7, 11) is 0. The summed E-state index contributed by atoms with van der Waals surface area (Å²) in [6, 6.07) is 16.5. The van der Waals surface area contributed by atoms with E-state index in [0.717, 1.165) is 11.3 Å². The van der Waals surface area contributed by atoms with E-state index in [1.165, 1.54) is 6.92 Å². The molecule has 3 rings (SSSR count). The predicted octanol–water partition coefficient (Wildman–Crippen LogP) is 2.83. The summed E-state index contributed by atoms with van der Waals surface area (Å²) in [4.78, 5) is 27.5. The van der Waals surface area contributed by atoms with Crippen LogP contribution in [0.4, 0.5) is 5.69 Å². The molecule has 0 radical (unpaired) electrons. The fourth-order valence-electron chi connectivity index (χ4n) is 2.16. The minimum Gasteiger partial charge on any atom is -0.326 e. The molecule has 5 nitrogen and oxygen atoms in total. The molecule has 0 aromatic heterocycles. The van der Waals surface area contributed by atoms with Crippen molar-refractivity contribution >= 4 is 29.4 Å². The lowest BCUT2D eigenvalue weighted by Crippen LogP contribution is -2.29. The van der Waals surface area contributed by atoms with Gasteiger partial charge in [-0.3, -0.25) is 14.9 Å². The number of rotatable bonds is 3. The third-order valence-electron chi connectivity index (χ3n) is 3.35. The van der Waals surface area contributed by atoms with Crippen LogP contribution in [0, 0.1) is 0 Å². The highest BCUT2D eigenvalue weighted by Gasteiger charge is 2.19. The highest BCUT2D eigenvalue weighted by molar-refractivity contribution is 6.17. The van der Waals surface area contributed by atoms with Crippen molar-refractivity contribution in [3.05, 3.63) is 71.4 Å². The number of carbonyl (C=O) groups excluding carboxylic acids is 2. The lowest BCUT2D eigenvalue weighted by Gasteiger charge is -2.05. The van der Waals surface area contributed by atoms with E-state index < -0.39 is 0 Å². The van der Waals surface area contributed by atoms with Gasteiger partial charge in [-0.15, -0.1) is 0 Å². The summed E-state index contributed by atoms with van der Waals surface area (Å²) in [6.07, 6.45) is 1.73. The SMILES string of the molecule is CC(=O)c1ccc(NC2=N/C(=C\c3ccccc3)C(=O)N2)cc1. The molecule has 0 saturated heterocycles. The van der Waals surface area contributed by atoms with Crippen LogP contribution in [-0.4, -0.2) is 17.6 Å². The van der Waals surface area contributed by atoms with Gasteiger partial charge in [-0.25, -0.2) is 4.99 Å². The Morgan fingerprint density at radius 3 is 2.43 bits per heavy atom. The van der Waals surface area contributed by atoms with E-state index in [0.29, 0.717) is 17.2 Å². The first-order valence-corrected chi connectivity index (χ1v) is 7.16. The second-order valence-electron chi connectivity index (χ2n) is 5.11. The minimum atomic E-state index is -0.253. The Labute approximate surface area is 133 Å². The molecule has 0 saturated carbocycles. The molecule has 2 aromatic carbocycles. The Morgan fingerprint density at radius 2 is 1.78 bits per heavy atom. The van der Waals surface area contributed by atoms with Gasteiger partial charge in [0, 0.05) is 11.3 Å². The van der Waals surface area contributed by atoms with Crippen molar-refractivity contribution in [1.82, 2.24) is 5.32 Å². The highest BCUT2D eigenvalue weighted by atomic mass is 16.2. The molecule has 2 N–H and O–H groups in total. The standard InChI is InChI=1S/C18H15N3O2/c1-12(22)14-7-9-15(10-8-14)19-18-20-16(17(23)21-18)11-13-5-3-2-4-6-13/h2-11H,1H3,(H2,19,20,21,23)/b16-11-. The average molecular weight is 305 g/mol. The number of carbonyl (C=O) groups is 2. The Balaban J connectivity index is 1.76. The van der Waals surface area contributed by atoms with Gasteiger partial charge in [0.2, 0.25) is 5.96 Å². The fraction of sp³-hybridized carbons (Fsp3) is 0.0556. The lowest BCUT2D eigenvalue weighted by molar-refractivity contribution is -0.115. The van der Waals surface area contributed by atoms with Crippen LogP contribution in [0.2, 0.25) is 0 Å². The van der Waals surface area contributed by atoms with Crippen molar-refractivity contribution in [2.45, 2.75) is 6.92 Å². The minimum absolute atomic E-state index is 0.0103. The zero-order valence-electron chi connectivity index (χ0n) is 12.5. The van der Waals surface area contributed by atoms with E-state index >= 15 is 0 Å². The van der Waals surface area contributed by atoms with E-state index in [1.54, 1.807) is 30.3 Å². The van der Waals surface area contributed by atoms with Crippen molar-refractivity contribution in [1.29, 1.82) is 0 Å². The molecule has 1 aliphatic rings. The van der Waals surface area contributed by atoms with Gasteiger partial charge in [-0.2, -0.15) is 0 Å². The van der Waals surface area contributed by atoms with Gasteiger partial charge in [0.05, 0.1) is 0 Å². The Bertz CT molecular complexity index is 806. The second kappa shape index (κ2) is 6.27. The third-order valence-corrected chi connectivity index (χ3v) is 3.35. The molecule has 1 heterocycles. The van der Waals surface area contributed by atoms with Gasteiger partial charge in [0.15, 0.2) is 5.78 Å². The van der Waals surface area contributed by atoms with Crippen LogP contribution in [0.25, 0.3) is 6.08 Å². The Kier molecular flexibility index (Phi) is 4.01. The molecule has 2 aromatic rings. The highest BCUT2D eigenvalue weighted by Crippen LogP contribution is 2.14. The number of nitrogens with zero attached hydrogens (tertiary/aromatic N) is 1. The van der Waals surface area contributed by atoms with Crippen LogP contribution < -0.4 is 10.6 Å². The predicted molar refractivity (Wildman–Crippen MR) is 90.1 cm³/mol. The van der Waals surface area contributed by atoms with Gasteiger partial charge < -0.3 is 5.32 Å². The Hall–Kier alpha value is -3.21. The first-order valence-electron chi connectivity index (χ1n) is 7.16. The molecule has 0 aliphatic carbocycles. The van der Waals surface area contributed by atoms with Gasteiger partial charge in [-0.1, -0.05) is 30.3 Å². The summed E-state index contributed by atoms with van der Waals surface area (Å²) in [5, 5.41) is 5.69. The average Bonchev–Trinajstić information content (AvgIpc) is 2.88. The maximum Gasteiger partial charge on any atom is 0.276 e. The molecule has 0 bridgehead atoms. The van der Waals surface area contributed by atoms with Gasteiger partial charge >= 0.3 is 0 Å². The third kappa shape index (κ3) is 3.52. The lowest BCUT2D eigenvalue weighted by atomic mass is 10.1. The number of hydrogen-bond acceptors (Lipinski definition) is 4. The largest absolute Gasteiger partial charge is 0.326 e. The summed E-state index contributed by atoms with van der Waals surface area (Å²) < 4.78 is 0. The van der Waals surface area contributed by atoms with Crippen LogP contribution >= 0.6 is 0 Å². The van der Waals surface area contributed by atoms with Crippen LogP contribution in [-0.2, 0) is 4.79 Å². The Morgan fingerprint density at radius 1 is 1.09 bits per heavy atom.